The number of hydrogen-bond acceptors (Lipinski definition) is 4. The van der Waals surface area contributed by atoms with Crippen LogP contribution in [0.1, 0.15) is 25.3 Å². The number of imide groups is 1. The summed E-state index contributed by atoms with van der Waals surface area (Å²) in [6.07, 6.45) is 2.09. The number of rotatable bonds is 4. The average molecular weight is 334 g/mol. The maximum absolute atomic E-state index is 12.7. The van der Waals surface area contributed by atoms with Crippen LogP contribution < -0.4 is 20.8 Å². The van der Waals surface area contributed by atoms with E-state index >= 15 is 0 Å². The van der Waals surface area contributed by atoms with Gasteiger partial charge in [-0.3, -0.25) is 10.2 Å². The summed E-state index contributed by atoms with van der Waals surface area (Å²) in [5.74, 6) is 0.193. The number of methoxy groups -OCH3 is 1. The number of hydrogen-bond donors (Lipinski definition) is 3. The predicted octanol–water partition coefficient (Wildman–Crippen LogP) is 1.00. The van der Waals surface area contributed by atoms with Crippen LogP contribution in [0.15, 0.2) is 24.3 Å². The molecule has 0 radical (unpaired) electrons. The van der Waals surface area contributed by atoms with E-state index in [1.54, 1.807) is 38.3 Å². The molecule has 1 aromatic carbocycles. The first-order valence-corrected chi connectivity index (χ1v) is 7.73. The molecule has 1 aliphatic heterocycles. The fourth-order valence-electron chi connectivity index (χ4n) is 2.42. The van der Waals surface area contributed by atoms with E-state index in [0.29, 0.717) is 17.4 Å². The number of benzene rings is 1. The molecular formula is C15H18N4O3S. The molecule has 122 valence electrons. The quantitative estimate of drug-likeness (QED) is 0.563. The monoisotopic (exact) mass is 334 g/mol. The van der Waals surface area contributed by atoms with Crippen LogP contribution in [0.2, 0.25) is 0 Å². The molecule has 1 aromatic rings. The smallest absolute Gasteiger partial charge is 0.344 e. The molecule has 2 fully saturated rings. The highest BCUT2D eigenvalue weighted by Gasteiger charge is 2.50. The van der Waals surface area contributed by atoms with Crippen LogP contribution in [0.25, 0.3) is 0 Å². The minimum Gasteiger partial charge on any atom is -0.497 e. The highest BCUT2D eigenvalue weighted by atomic mass is 32.1. The molecule has 0 aromatic heterocycles. The van der Waals surface area contributed by atoms with E-state index in [-0.39, 0.29) is 5.11 Å². The maximum Gasteiger partial charge on any atom is 0.344 e. The molecule has 1 aliphatic carbocycles. The molecule has 8 heteroatoms. The Labute approximate surface area is 139 Å². The first kappa shape index (κ1) is 15.5. The van der Waals surface area contributed by atoms with Gasteiger partial charge in [-0.1, -0.05) is 12.1 Å². The third kappa shape index (κ3) is 2.94. The molecule has 1 saturated heterocycles. The van der Waals surface area contributed by atoms with Crippen LogP contribution in [0.4, 0.5) is 4.79 Å². The minimum atomic E-state index is -1.17. The fraction of sp³-hybridized carbons (Fsp3) is 0.400. The van der Waals surface area contributed by atoms with Crippen LogP contribution in [-0.2, 0) is 10.3 Å². The number of hydrazine groups is 1. The first-order chi connectivity index (χ1) is 10.9. The fourth-order valence-corrected chi connectivity index (χ4v) is 2.68. The average Bonchev–Trinajstić information content (AvgIpc) is 3.31. The minimum absolute atomic E-state index is 0.269. The van der Waals surface area contributed by atoms with E-state index in [0.717, 1.165) is 17.9 Å². The molecule has 2 aliphatic rings. The van der Waals surface area contributed by atoms with E-state index in [1.165, 1.54) is 0 Å². The van der Waals surface area contributed by atoms with E-state index in [4.69, 9.17) is 17.0 Å². The molecule has 3 rings (SSSR count). The van der Waals surface area contributed by atoms with Crippen molar-refractivity contribution in [3.8, 4) is 5.75 Å². The molecule has 23 heavy (non-hydrogen) atoms. The summed E-state index contributed by atoms with van der Waals surface area (Å²) in [7, 11) is 1.55. The lowest BCUT2D eigenvalue weighted by Crippen LogP contribution is -2.51. The number of nitrogens with one attached hydrogen (secondary N) is 3. The van der Waals surface area contributed by atoms with Gasteiger partial charge in [0.05, 0.1) is 7.11 Å². The molecule has 0 bridgehead atoms. The topological polar surface area (TPSA) is 82.7 Å². The van der Waals surface area contributed by atoms with Crippen LogP contribution in [0.3, 0.4) is 0 Å². The number of nitrogens with zero attached hydrogens (tertiary/aromatic N) is 1. The van der Waals surface area contributed by atoms with Crippen molar-refractivity contribution in [2.24, 2.45) is 0 Å². The second-order valence-electron chi connectivity index (χ2n) is 5.79. The van der Waals surface area contributed by atoms with Crippen molar-refractivity contribution in [2.75, 3.05) is 7.11 Å². The number of amides is 3. The number of carbonyl (C=O) groups is 2. The largest absolute Gasteiger partial charge is 0.497 e. The summed E-state index contributed by atoms with van der Waals surface area (Å²) < 4.78 is 5.18. The van der Waals surface area contributed by atoms with Gasteiger partial charge < -0.3 is 15.4 Å². The van der Waals surface area contributed by atoms with Crippen molar-refractivity contribution in [1.82, 2.24) is 21.1 Å². The lowest BCUT2D eigenvalue weighted by Gasteiger charge is -2.23. The number of thiocarbonyl (C=S) groups is 1. The molecule has 0 unspecified atom stereocenters. The zero-order valence-corrected chi connectivity index (χ0v) is 13.7. The Morgan fingerprint density at radius 2 is 2.17 bits per heavy atom. The van der Waals surface area contributed by atoms with Gasteiger partial charge in [-0.25, -0.2) is 4.79 Å². The highest BCUT2D eigenvalue weighted by molar-refractivity contribution is 7.80. The molecule has 1 heterocycles. The van der Waals surface area contributed by atoms with Crippen molar-refractivity contribution in [2.45, 2.75) is 31.3 Å². The summed E-state index contributed by atoms with van der Waals surface area (Å²) in [4.78, 5) is 24.9. The molecule has 0 spiro atoms. The van der Waals surface area contributed by atoms with Gasteiger partial charge in [-0.05, 0) is 49.7 Å². The van der Waals surface area contributed by atoms with Gasteiger partial charge in [0.25, 0.3) is 5.91 Å². The van der Waals surface area contributed by atoms with Crippen LogP contribution >= 0.6 is 12.2 Å². The highest BCUT2D eigenvalue weighted by Crippen LogP contribution is 2.30. The van der Waals surface area contributed by atoms with E-state index in [9.17, 15) is 9.59 Å². The molecule has 3 N–H and O–H groups in total. The maximum atomic E-state index is 12.7. The normalized spacial score (nSPS) is 23.5. The molecule has 1 saturated carbocycles. The van der Waals surface area contributed by atoms with Gasteiger partial charge in [0.15, 0.2) is 5.11 Å². The Morgan fingerprint density at radius 3 is 2.83 bits per heavy atom. The summed E-state index contributed by atoms with van der Waals surface area (Å²) in [5.41, 5.74) is 2.13. The summed E-state index contributed by atoms with van der Waals surface area (Å²) in [6.45, 7) is 1.65. The zero-order valence-electron chi connectivity index (χ0n) is 12.9. The van der Waals surface area contributed by atoms with E-state index in [1.807, 2.05) is 0 Å². The van der Waals surface area contributed by atoms with Gasteiger partial charge in [0, 0.05) is 6.04 Å². The van der Waals surface area contributed by atoms with Crippen LogP contribution in [0, 0.1) is 0 Å². The predicted molar refractivity (Wildman–Crippen MR) is 87.6 cm³/mol. The van der Waals surface area contributed by atoms with Gasteiger partial charge in [0.2, 0.25) is 0 Å². The zero-order chi connectivity index (χ0) is 16.6. The first-order valence-electron chi connectivity index (χ1n) is 7.32. The van der Waals surface area contributed by atoms with Crippen LogP contribution in [0.5, 0.6) is 5.75 Å². The van der Waals surface area contributed by atoms with Gasteiger partial charge in [-0.2, -0.15) is 5.01 Å². The Bertz CT molecular complexity index is 676. The third-order valence-electron chi connectivity index (χ3n) is 3.96. The summed E-state index contributed by atoms with van der Waals surface area (Å²) in [5, 5.41) is 6.92. The van der Waals surface area contributed by atoms with Gasteiger partial charge >= 0.3 is 6.03 Å². The molecule has 7 nitrogen and oxygen atoms in total. The second kappa shape index (κ2) is 5.69. The Balaban J connectivity index is 1.79. The lowest BCUT2D eigenvalue weighted by molar-refractivity contribution is -0.132. The molecule has 1 atom stereocenters. The molecule has 3 amide bonds. The number of ether oxygens (including phenoxy) is 1. The Hall–Kier alpha value is -2.35. The standard InChI is InChI=1S/C15H18N4O3S/c1-15(9-4-3-5-11(8-9)22-2)12(20)19(14(21)17-15)18-13(23)16-10-6-7-10/h3-5,8,10H,6-7H2,1-2H3,(H,17,21)(H2,16,18,23)/t15-/m1/s1. The van der Waals surface area contributed by atoms with Crippen molar-refractivity contribution in [1.29, 1.82) is 0 Å². The van der Waals surface area contributed by atoms with Crippen molar-refractivity contribution in [3.63, 3.8) is 0 Å². The van der Waals surface area contributed by atoms with Gasteiger partial charge in [0.1, 0.15) is 11.3 Å². The lowest BCUT2D eigenvalue weighted by atomic mass is 9.92. The third-order valence-corrected chi connectivity index (χ3v) is 4.17. The van der Waals surface area contributed by atoms with Crippen molar-refractivity contribution >= 4 is 29.3 Å². The number of carbonyl (C=O) groups excluding carboxylic acids is 2. The summed E-state index contributed by atoms with van der Waals surface area (Å²) in [6, 6.07) is 6.83. The summed E-state index contributed by atoms with van der Waals surface area (Å²) >= 11 is 5.13. The van der Waals surface area contributed by atoms with Crippen LogP contribution in [-0.4, -0.2) is 35.2 Å². The Kier molecular flexibility index (Phi) is 3.85. The SMILES string of the molecule is COc1cccc([C@@]2(C)NC(=O)N(NC(=S)NC3CC3)C2=O)c1. The van der Waals surface area contributed by atoms with Gasteiger partial charge in [-0.15, -0.1) is 0 Å². The number of urea groups is 1. The van der Waals surface area contributed by atoms with Crippen molar-refractivity contribution < 1.29 is 14.3 Å². The second-order valence-corrected chi connectivity index (χ2v) is 6.20. The van der Waals surface area contributed by atoms with E-state index in [2.05, 4.69) is 16.1 Å². The van der Waals surface area contributed by atoms with E-state index < -0.39 is 17.5 Å². The van der Waals surface area contributed by atoms with Crippen molar-refractivity contribution in [3.05, 3.63) is 29.8 Å². The Morgan fingerprint density at radius 1 is 1.43 bits per heavy atom. The molecular weight excluding hydrogens is 316 g/mol.